The maximum absolute atomic E-state index is 12.1. The van der Waals surface area contributed by atoms with Crippen LogP contribution in [0.1, 0.15) is 53.9 Å². The average Bonchev–Trinajstić information content (AvgIpc) is 3.06. The number of carbonyl (C=O) groups is 2. The number of benzene rings is 3. The van der Waals surface area contributed by atoms with Gasteiger partial charge in [0.05, 0.1) is 25.2 Å². The molecular weight excluding hydrogens is 566 g/mol. The molecule has 1 aliphatic rings. The summed E-state index contributed by atoms with van der Waals surface area (Å²) in [4.78, 5) is 31.5. The molecule has 0 bridgehead atoms. The van der Waals surface area contributed by atoms with Crippen molar-refractivity contribution in [2.24, 2.45) is 0 Å². The zero-order valence-electron chi connectivity index (χ0n) is 23.5. The van der Waals surface area contributed by atoms with E-state index in [9.17, 15) is 14.7 Å². The van der Waals surface area contributed by atoms with Crippen LogP contribution in [0.15, 0.2) is 96.4 Å². The van der Waals surface area contributed by atoms with Crippen LogP contribution >= 0.6 is 11.8 Å². The van der Waals surface area contributed by atoms with Crippen LogP contribution in [0.5, 0.6) is 0 Å². The zero-order valence-corrected chi connectivity index (χ0v) is 24.3. The van der Waals surface area contributed by atoms with E-state index in [1.807, 2.05) is 72.8 Å². The van der Waals surface area contributed by atoms with Gasteiger partial charge in [-0.05, 0) is 33.9 Å². The number of aliphatic hydroxyl groups is 1. The van der Waals surface area contributed by atoms with Crippen molar-refractivity contribution in [3.05, 3.63) is 114 Å². The van der Waals surface area contributed by atoms with Gasteiger partial charge in [-0.25, -0.2) is 9.97 Å². The maximum Gasteiger partial charge on any atom is 0.303 e. The van der Waals surface area contributed by atoms with Crippen molar-refractivity contribution in [1.82, 2.24) is 15.3 Å². The molecule has 3 aromatic carbocycles. The van der Waals surface area contributed by atoms with Gasteiger partial charge in [-0.3, -0.25) is 9.59 Å². The van der Waals surface area contributed by atoms with E-state index in [4.69, 9.17) is 14.6 Å². The molecule has 0 saturated carbocycles. The van der Waals surface area contributed by atoms with E-state index in [2.05, 4.69) is 15.3 Å². The number of rotatable bonds is 12. The van der Waals surface area contributed by atoms with Crippen LogP contribution in [0.4, 0.5) is 0 Å². The van der Waals surface area contributed by atoms with Gasteiger partial charge in [-0.15, -0.1) is 0 Å². The van der Waals surface area contributed by atoms with Crippen molar-refractivity contribution in [3.63, 3.8) is 0 Å². The van der Waals surface area contributed by atoms with E-state index in [0.717, 1.165) is 33.4 Å². The predicted octanol–water partition coefficient (Wildman–Crippen LogP) is 5.45. The molecule has 43 heavy (non-hydrogen) atoms. The first kappa shape index (κ1) is 30.4. The van der Waals surface area contributed by atoms with Crippen molar-refractivity contribution in [2.75, 3.05) is 5.75 Å². The van der Waals surface area contributed by atoms with E-state index >= 15 is 0 Å². The van der Waals surface area contributed by atoms with Gasteiger partial charge in [0, 0.05) is 43.1 Å². The molecule has 4 aromatic rings. The van der Waals surface area contributed by atoms with Crippen LogP contribution in [-0.4, -0.2) is 43.9 Å². The number of aliphatic hydroxyl groups excluding tert-OH is 1. The lowest BCUT2D eigenvalue weighted by Crippen LogP contribution is -2.31. The minimum absolute atomic E-state index is 0.0134. The van der Waals surface area contributed by atoms with Crippen LogP contribution in [0.3, 0.4) is 0 Å². The lowest BCUT2D eigenvalue weighted by atomic mass is 9.97. The molecular formula is C33H33N3O6S. The highest BCUT2D eigenvalue weighted by Crippen LogP contribution is 2.39. The van der Waals surface area contributed by atoms with Crippen LogP contribution < -0.4 is 5.32 Å². The number of aliphatic carboxylic acids is 1. The van der Waals surface area contributed by atoms with E-state index in [1.54, 1.807) is 30.2 Å². The number of hydrogen-bond acceptors (Lipinski definition) is 8. The molecule has 0 unspecified atom stereocenters. The Hall–Kier alpha value is -4.09. The molecule has 0 radical (unpaired) electrons. The molecule has 3 atom stereocenters. The van der Waals surface area contributed by atoms with Gasteiger partial charge < -0.3 is 25.0 Å². The summed E-state index contributed by atoms with van der Waals surface area (Å²) in [5.74, 6) is -0.632. The summed E-state index contributed by atoms with van der Waals surface area (Å²) in [5, 5.41) is 21.8. The summed E-state index contributed by atoms with van der Waals surface area (Å²) in [7, 11) is 0. The van der Waals surface area contributed by atoms with Gasteiger partial charge in [0.15, 0.2) is 11.4 Å². The minimum Gasteiger partial charge on any atom is -0.481 e. The van der Waals surface area contributed by atoms with Crippen LogP contribution in [-0.2, 0) is 32.2 Å². The number of nitrogens with one attached hydrogen (secondary N) is 1. The third-order valence-electron chi connectivity index (χ3n) is 7.11. The maximum atomic E-state index is 12.1. The normalized spacial score (nSPS) is 18.2. The fourth-order valence-electron chi connectivity index (χ4n) is 4.83. The van der Waals surface area contributed by atoms with Crippen LogP contribution in [0, 0.1) is 0 Å². The summed E-state index contributed by atoms with van der Waals surface area (Å²) in [6.07, 6.45) is 2.96. The van der Waals surface area contributed by atoms with Gasteiger partial charge in [-0.1, -0.05) is 84.6 Å². The van der Waals surface area contributed by atoms with Gasteiger partial charge in [0.1, 0.15) is 0 Å². The Balaban J connectivity index is 1.31. The number of carboxylic acids is 1. The monoisotopic (exact) mass is 599 g/mol. The summed E-state index contributed by atoms with van der Waals surface area (Å²) in [6.45, 7) is 0.285. The third-order valence-corrected chi connectivity index (χ3v) is 8.12. The Morgan fingerprint density at radius 1 is 0.884 bits per heavy atom. The number of hydrogen-bond donors (Lipinski definition) is 3. The Kier molecular flexibility index (Phi) is 10.5. The quantitative estimate of drug-likeness (QED) is 0.144. The number of nitrogens with zero attached hydrogens (tertiary/aromatic N) is 2. The Morgan fingerprint density at radius 2 is 1.60 bits per heavy atom. The SMILES string of the molecule is O=C(O)CCC(=O)NCc1ccccc1-c1ccc([C@H]2O[C@@H](CSc3ncccn3)C[C@@H](c3ccc(CO)cc3)O2)cc1. The number of carboxylic acid groups (broad SMARTS) is 1. The van der Waals surface area contributed by atoms with E-state index < -0.39 is 12.3 Å². The standard InChI is InChI=1S/C33H33N3O6S/c37-20-22-6-8-24(9-7-22)29-18-27(21-43-33-34-16-3-17-35-33)41-32(42-29)25-12-10-23(11-13-25)28-5-2-1-4-26(28)19-36-30(38)14-15-31(39)40/h1-13,16-17,27,29,32,37H,14-15,18-21H2,(H,36,38)(H,39,40)/t27-,29+,32+/m1/s1. The summed E-state index contributed by atoms with van der Waals surface area (Å²) in [6, 6.07) is 25.4. The lowest BCUT2D eigenvalue weighted by Gasteiger charge is -2.36. The summed E-state index contributed by atoms with van der Waals surface area (Å²) >= 11 is 1.54. The van der Waals surface area contributed by atoms with Gasteiger partial charge in [-0.2, -0.15) is 0 Å². The smallest absolute Gasteiger partial charge is 0.303 e. The number of thioether (sulfide) groups is 1. The second-order valence-corrected chi connectivity index (χ2v) is 11.1. The fourth-order valence-corrected chi connectivity index (χ4v) is 5.65. The second-order valence-electron chi connectivity index (χ2n) is 10.1. The largest absolute Gasteiger partial charge is 0.481 e. The number of amides is 1. The van der Waals surface area contributed by atoms with Crippen LogP contribution in [0.2, 0.25) is 0 Å². The zero-order chi connectivity index (χ0) is 30.0. The Labute approximate surface area is 254 Å². The first-order chi connectivity index (χ1) is 21.0. The molecule has 0 aliphatic carbocycles. The molecule has 1 amide bonds. The minimum atomic E-state index is -0.997. The highest BCUT2D eigenvalue weighted by molar-refractivity contribution is 7.99. The molecule has 1 fully saturated rings. The summed E-state index contributed by atoms with van der Waals surface area (Å²) in [5.41, 5.74) is 5.61. The van der Waals surface area contributed by atoms with E-state index in [0.29, 0.717) is 23.9 Å². The molecule has 2 heterocycles. The van der Waals surface area contributed by atoms with Gasteiger partial charge in [0.2, 0.25) is 5.91 Å². The highest BCUT2D eigenvalue weighted by atomic mass is 32.2. The highest BCUT2D eigenvalue weighted by Gasteiger charge is 2.32. The fraction of sp³-hybridized carbons (Fsp3) is 0.273. The van der Waals surface area contributed by atoms with E-state index in [1.165, 1.54) is 0 Å². The molecule has 222 valence electrons. The topological polar surface area (TPSA) is 131 Å². The van der Waals surface area contributed by atoms with Gasteiger partial charge in [0.25, 0.3) is 0 Å². The first-order valence-electron chi connectivity index (χ1n) is 14.1. The van der Waals surface area contributed by atoms with Crippen LogP contribution in [0.25, 0.3) is 11.1 Å². The number of aromatic nitrogens is 2. The van der Waals surface area contributed by atoms with E-state index in [-0.39, 0.29) is 37.6 Å². The lowest BCUT2D eigenvalue weighted by molar-refractivity contribution is -0.245. The van der Waals surface area contributed by atoms with Crippen molar-refractivity contribution in [2.45, 2.75) is 56.1 Å². The first-order valence-corrected chi connectivity index (χ1v) is 15.0. The third kappa shape index (κ3) is 8.48. The summed E-state index contributed by atoms with van der Waals surface area (Å²) < 4.78 is 12.9. The molecule has 1 saturated heterocycles. The number of ether oxygens (including phenoxy) is 2. The molecule has 3 N–H and O–H groups in total. The van der Waals surface area contributed by atoms with Crippen molar-refractivity contribution in [1.29, 1.82) is 0 Å². The van der Waals surface area contributed by atoms with Crippen molar-refractivity contribution < 1.29 is 29.3 Å². The molecule has 5 rings (SSSR count). The molecule has 1 aromatic heterocycles. The Bertz CT molecular complexity index is 1500. The van der Waals surface area contributed by atoms with Gasteiger partial charge >= 0.3 is 5.97 Å². The molecule has 1 aliphatic heterocycles. The Morgan fingerprint density at radius 3 is 2.33 bits per heavy atom. The van der Waals surface area contributed by atoms with Crippen molar-refractivity contribution >= 4 is 23.6 Å². The van der Waals surface area contributed by atoms with Crippen molar-refractivity contribution in [3.8, 4) is 11.1 Å². The average molecular weight is 600 g/mol. The molecule has 10 heteroatoms. The second kappa shape index (κ2) is 14.9. The molecule has 0 spiro atoms. The molecule has 9 nitrogen and oxygen atoms in total. The predicted molar refractivity (Wildman–Crippen MR) is 162 cm³/mol. The number of carbonyl (C=O) groups excluding carboxylic acids is 1.